The highest BCUT2D eigenvalue weighted by atomic mass is 32.2. The maximum Gasteiger partial charge on any atom is 0.258 e. The van der Waals surface area contributed by atoms with Gasteiger partial charge in [0.25, 0.3) is 5.91 Å². The summed E-state index contributed by atoms with van der Waals surface area (Å²) in [6.07, 6.45) is 1.34. The Bertz CT molecular complexity index is 883. The first-order valence-electron chi connectivity index (χ1n) is 6.81. The molecule has 0 spiro atoms. The molecule has 24 heavy (non-hydrogen) atoms. The molecule has 0 fully saturated rings. The maximum absolute atomic E-state index is 14.1. The summed E-state index contributed by atoms with van der Waals surface area (Å²) in [5, 5.41) is 2.20. The van der Waals surface area contributed by atoms with Gasteiger partial charge in [-0.2, -0.15) is 0 Å². The van der Waals surface area contributed by atoms with Crippen molar-refractivity contribution in [1.29, 1.82) is 0 Å². The molecule has 0 saturated carbocycles. The molecule has 8 heteroatoms. The van der Waals surface area contributed by atoms with Gasteiger partial charge in [0.15, 0.2) is 0 Å². The largest absolute Gasteiger partial charge is 0.319 e. The zero-order chi connectivity index (χ0) is 17.7. The van der Waals surface area contributed by atoms with Gasteiger partial charge < -0.3 is 5.32 Å². The molecule has 0 aliphatic rings. The van der Waals surface area contributed by atoms with E-state index in [-0.39, 0.29) is 22.7 Å². The van der Waals surface area contributed by atoms with Crippen molar-refractivity contribution in [1.82, 2.24) is 4.72 Å². The first-order valence-corrected chi connectivity index (χ1v) is 8.29. The van der Waals surface area contributed by atoms with Gasteiger partial charge in [-0.05, 0) is 30.3 Å². The average molecular weight is 352 g/mol. The lowest BCUT2D eigenvalue weighted by Crippen LogP contribution is -2.24. The minimum Gasteiger partial charge on any atom is -0.319 e. The number of hydrogen-bond acceptors (Lipinski definition) is 3. The number of anilines is 1. The lowest BCUT2D eigenvalue weighted by Gasteiger charge is -2.09. The van der Waals surface area contributed by atoms with Crippen LogP contribution in [0.15, 0.2) is 60.0 Å². The Balaban J connectivity index is 2.23. The minimum atomic E-state index is -3.88. The Labute approximate surface area is 138 Å². The van der Waals surface area contributed by atoms with Gasteiger partial charge in [0, 0.05) is 6.54 Å². The van der Waals surface area contributed by atoms with E-state index in [9.17, 15) is 22.0 Å². The third-order valence-electron chi connectivity index (χ3n) is 3.04. The first-order chi connectivity index (χ1) is 11.3. The summed E-state index contributed by atoms with van der Waals surface area (Å²) < 4.78 is 53.5. The van der Waals surface area contributed by atoms with Crippen molar-refractivity contribution in [3.8, 4) is 0 Å². The number of sulfonamides is 1. The summed E-state index contributed by atoms with van der Waals surface area (Å²) in [6, 6.07) is 8.23. The molecule has 0 saturated heterocycles. The van der Waals surface area contributed by atoms with E-state index >= 15 is 0 Å². The molecule has 0 radical (unpaired) electrons. The van der Waals surface area contributed by atoms with Crippen molar-refractivity contribution in [2.75, 3.05) is 11.9 Å². The summed E-state index contributed by atoms with van der Waals surface area (Å²) in [7, 11) is -3.88. The third kappa shape index (κ3) is 4.03. The predicted molar refractivity (Wildman–Crippen MR) is 86.1 cm³/mol. The Morgan fingerprint density at radius 1 is 1.12 bits per heavy atom. The van der Waals surface area contributed by atoms with E-state index in [2.05, 4.69) is 16.6 Å². The van der Waals surface area contributed by atoms with E-state index < -0.39 is 27.6 Å². The van der Waals surface area contributed by atoms with Crippen LogP contribution in [0.4, 0.5) is 14.5 Å². The molecule has 0 bridgehead atoms. The second-order valence-corrected chi connectivity index (χ2v) is 6.48. The fraction of sp³-hybridized carbons (Fsp3) is 0.0625. The molecular weight excluding hydrogens is 338 g/mol. The summed E-state index contributed by atoms with van der Waals surface area (Å²) in [6.45, 7) is 3.37. The fourth-order valence-corrected chi connectivity index (χ4v) is 2.86. The van der Waals surface area contributed by atoms with Gasteiger partial charge in [0.05, 0.1) is 16.1 Å². The molecule has 2 aromatic carbocycles. The molecule has 2 N–H and O–H groups in total. The molecule has 0 unspecified atom stereocenters. The molecule has 5 nitrogen and oxygen atoms in total. The van der Waals surface area contributed by atoms with Gasteiger partial charge in [-0.3, -0.25) is 4.79 Å². The summed E-state index contributed by atoms with van der Waals surface area (Å²) in [5.74, 6) is -2.54. The van der Waals surface area contributed by atoms with Crippen molar-refractivity contribution in [3.05, 3.63) is 72.3 Å². The Hall–Kier alpha value is -2.58. The Morgan fingerprint density at radius 3 is 2.46 bits per heavy atom. The quantitative estimate of drug-likeness (QED) is 0.785. The van der Waals surface area contributed by atoms with Crippen LogP contribution in [0.3, 0.4) is 0 Å². The normalized spacial score (nSPS) is 11.1. The van der Waals surface area contributed by atoms with Crippen molar-refractivity contribution >= 4 is 21.6 Å². The molecule has 1 amide bonds. The van der Waals surface area contributed by atoms with Crippen LogP contribution in [0.25, 0.3) is 0 Å². The smallest absolute Gasteiger partial charge is 0.258 e. The standard InChI is InChI=1S/C16H14F2N2O3S/c1-2-9-19-24(22,23)11-7-8-15(14(18)10-11)20-16(21)12-5-3-4-6-13(12)17/h2-8,10,19H,1,9H2,(H,20,21). The van der Waals surface area contributed by atoms with E-state index in [1.807, 2.05) is 0 Å². The Morgan fingerprint density at radius 2 is 1.83 bits per heavy atom. The maximum atomic E-state index is 14.1. The van der Waals surface area contributed by atoms with Crippen molar-refractivity contribution in [3.63, 3.8) is 0 Å². The van der Waals surface area contributed by atoms with E-state index in [1.165, 1.54) is 24.3 Å². The van der Waals surface area contributed by atoms with Crippen LogP contribution in [0.2, 0.25) is 0 Å². The lowest BCUT2D eigenvalue weighted by molar-refractivity contribution is 0.102. The highest BCUT2D eigenvalue weighted by Crippen LogP contribution is 2.20. The molecule has 0 aliphatic carbocycles. The number of halogens is 2. The number of nitrogens with one attached hydrogen (secondary N) is 2. The summed E-state index contributed by atoms with van der Waals surface area (Å²) in [5.41, 5.74) is -0.507. The highest BCUT2D eigenvalue weighted by molar-refractivity contribution is 7.89. The van der Waals surface area contributed by atoms with Crippen LogP contribution >= 0.6 is 0 Å². The zero-order valence-electron chi connectivity index (χ0n) is 12.4. The van der Waals surface area contributed by atoms with Crippen LogP contribution in [0, 0.1) is 11.6 Å². The molecule has 0 aromatic heterocycles. The number of carbonyl (C=O) groups excluding carboxylic acids is 1. The predicted octanol–water partition coefficient (Wildman–Crippen LogP) is 2.68. The van der Waals surface area contributed by atoms with E-state index in [1.54, 1.807) is 0 Å². The summed E-state index contributed by atoms with van der Waals surface area (Å²) in [4.78, 5) is 11.7. The monoisotopic (exact) mass is 352 g/mol. The van der Waals surface area contributed by atoms with Gasteiger partial charge >= 0.3 is 0 Å². The second-order valence-electron chi connectivity index (χ2n) is 4.72. The molecule has 2 rings (SSSR count). The molecular formula is C16H14F2N2O3S. The molecule has 2 aromatic rings. The number of rotatable bonds is 6. The highest BCUT2D eigenvalue weighted by Gasteiger charge is 2.17. The SMILES string of the molecule is C=CCNS(=O)(=O)c1ccc(NC(=O)c2ccccc2F)c(F)c1. The summed E-state index contributed by atoms with van der Waals surface area (Å²) >= 11 is 0. The van der Waals surface area contributed by atoms with Crippen LogP contribution in [-0.2, 0) is 10.0 Å². The third-order valence-corrected chi connectivity index (χ3v) is 4.46. The minimum absolute atomic E-state index is 0.00424. The molecule has 0 heterocycles. The fourth-order valence-electron chi connectivity index (χ4n) is 1.85. The van der Waals surface area contributed by atoms with E-state index in [4.69, 9.17) is 0 Å². The topological polar surface area (TPSA) is 75.3 Å². The second kappa shape index (κ2) is 7.33. The van der Waals surface area contributed by atoms with E-state index in [0.717, 1.165) is 24.3 Å². The van der Waals surface area contributed by atoms with Gasteiger partial charge in [0.2, 0.25) is 10.0 Å². The average Bonchev–Trinajstić information content (AvgIpc) is 2.55. The van der Waals surface area contributed by atoms with Crippen LogP contribution in [0.1, 0.15) is 10.4 Å². The molecule has 126 valence electrons. The zero-order valence-corrected chi connectivity index (χ0v) is 13.2. The van der Waals surface area contributed by atoms with Crippen molar-refractivity contribution in [2.24, 2.45) is 0 Å². The lowest BCUT2D eigenvalue weighted by atomic mass is 10.2. The van der Waals surface area contributed by atoms with Crippen LogP contribution in [-0.4, -0.2) is 20.9 Å². The van der Waals surface area contributed by atoms with Crippen molar-refractivity contribution in [2.45, 2.75) is 4.90 Å². The van der Waals surface area contributed by atoms with Gasteiger partial charge in [-0.25, -0.2) is 21.9 Å². The number of amides is 1. The van der Waals surface area contributed by atoms with Crippen molar-refractivity contribution < 1.29 is 22.0 Å². The first kappa shape index (κ1) is 17.8. The number of benzene rings is 2. The van der Waals surface area contributed by atoms with Gasteiger partial charge in [0.1, 0.15) is 11.6 Å². The molecule has 0 aliphatic heterocycles. The van der Waals surface area contributed by atoms with Crippen LogP contribution in [0.5, 0.6) is 0 Å². The molecule has 0 atom stereocenters. The van der Waals surface area contributed by atoms with Crippen LogP contribution < -0.4 is 10.0 Å². The van der Waals surface area contributed by atoms with Gasteiger partial charge in [-0.1, -0.05) is 18.2 Å². The number of carbonyl (C=O) groups is 1. The Kier molecular flexibility index (Phi) is 5.42. The van der Waals surface area contributed by atoms with E-state index in [0.29, 0.717) is 0 Å². The van der Waals surface area contributed by atoms with Gasteiger partial charge in [-0.15, -0.1) is 6.58 Å². The number of hydrogen-bond donors (Lipinski definition) is 2.